The summed E-state index contributed by atoms with van der Waals surface area (Å²) < 4.78 is 0. The van der Waals surface area contributed by atoms with E-state index >= 15 is 0 Å². The van der Waals surface area contributed by atoms with Crippen LogP contribution in [0.2, 0.25) is 0 Å². The molecule has 0 aliphatic rings. The highest BCUT2D eigenvalue weighted by atomic mass is 16.1. The summed E-state index contributed by atoms with van der Waals surface area (Å²) >= 11 is 0. The van der Waals surface area contributed by atoms with Gasteiger partial charge in [-0.05, 0) is 13.0 Å². The third kappa shape index (κ3) is 2.18. The maximum Gasteiger partial charge on any atom is 0.211 e. The Morgan fingerprint density at radius 3 is 2.50 bits per heavy atom. The highest BCUT2D eigenvalue weighted by molar-refractivity contribution is 5.51. The van der Waals surface area contributed by atoms with Crippen LogP contribution in [0.4, 0.5) is 0 Å². The number of hydrogen-bond donors (Lipinski definition) is 1. The Kier molecular flexibility index (Phi) is 3.58. The molecular formula is C6H9NO. The number of allylic oxidation sites excluding steroid dienone is 2. The average molecular weight is 111 g/mol. The molecule has 1 N–H and O–H groups in total. The van der Waals surface area contributed by atoms with E-state index in [0.717, 1.165) is 5.70 Å². The molecule has 0 bridgehead atoms. The molecule has 0 fully saturated rings. The minimum atomic E-state index is 0.622. The van der Waals surface area contributed by atoms with Crippen molar-refractivity contribution in [3.05, 3.63) is 24.4 Å². The second-order valence-corrected chi connectivity index (χ2v) is 1.21. The summed E-state index contributed by atoms with van der Waals surface area (Å²) in [7, 11) is 0. The maximum atomic E-state index is 9.73. The van der Waals surface area contributed by atoms with Crippen molar-refractivity contribution in [3.63, 3.8) is 0 Å². The summed E-state index contributed by atoms with van der Waals surface area (Å²) in [6.45, 7) is 5.29. The van der Waals surface area contributed by atoms with E-state index in [2.05, 4.69) is 11.9 Å². The quantitative estimate of drug-likeness (QED) is 0.424. The number of carbonyl (C=O) groups is 1. The predicted molar refractivity (Wildman–Crippen MR) is 33.2 cm³/mol. The normalized spacial score (nSPS) is 10.4. The second-order valence-electron chi connectivity index (χ2n) is 1.21. The molecule has 1 amide bonds. The smallest absolute Gasteiger partial charge is 0.211 e. The molecule has 0 rings (SSSR count). The van der Waals surface area contributed by atoms with Crippen LogP contribution in [-0.4, -0.2) is 6.41 Å². The van der Waals surface area contributed by atoms with Gasteiger partial charge in [0.2, 0.25) is 6.41 Å². The first-order chi connectivity index (χ1) is 3.85. The summed E-state index contributed by atoms with van der Waals surface area (Å²) in [6, 6.07) is 0. The summed E-state index contributed by atoms with van der Waals surface area (Å²) in [5.41, 5.74) is 0.736. The molecule has 0 aliphatic carbocycles. The zero-order valence-corrected chi connectivity index (χ0v) is 4.85. The van der Waals surface area contributed by atoms with Gasteiger partial charge in [0.1, 0.15) is 0 Å². The monoisotopic (exact) mass is 111 g/mol. The van der Waals surface area contributed by atoms with E-state index in [1.54, 1.807) is 12.2 Å². The molecule has 0 aromatic heterocycles. The van der Waals surface area contributed by atoms with Crippen LogP contribution in [0.15, 0.2) is 24.4 Å². The predicted octanol–water partition coefficient (Wildman–Crippen LogP) is 0.822. The number of hydrogen-bond acceptors (Lipinski definition) is 1. The van der Waals surface area contributed by atoms with Gasteiger partial charge in [0, 0.05) is 5.70 Å². The lowest BCUT2D eigenvalue weighted by molar-refractivity contribution is -0.108. The molecule has 0 aliphatic heterocycles. The zero-order valence-electron chi connectivity index (χ0n) is 4.85. The van der Waals surface area contributed by atoms with Gasteiger partial charge < -0.3 is 5.32 Å². The minimum absolute atomic E-state index is 0.622. The molecule has 8 heavy (non-hydrogen) atoms. The van der Waals surface area contributed by atoms with Crippen LogP contribution in [0.25, 0.3) is 0 Å². The van der Waals surface area contributed by atoms with E-state index in [0.29, 0.717) is 6.41 Å². The van der Waals surface area contributed by atoms with E-state index in [1.807, 2.05) is 6.92 Å². The van der Waals surface area contributed by atoms with Crippen molar-refractivity contribution in [2.45, 2.75) is 6.92 Å². The topological polar surface area (TPSA) is 29.1 Å². The molecule has 2 nitrogen and oxygen atoms in total. The third-order valence-electron chi connectivity index (χ3n) is 0.757. The van der Waals surface area contributed by atoms with Crippen LogP contribution in [0.1, 0.15) is 6.92 Å². The molecule has 0 unspecified atom stereocenters. The lowest BCUT2D eigenvalue weighted by Gasteiger charge is -1.92. The third-order valence-corrected chi connectivity index (χ3v) is 0.757. The number of carbonyl (C=O) groups excluding carboxylic acids is 1. The SMILES string of the molecule is C=C/C(=C\C)NC=O. The van der Waals surface area contributed by atoms with Crippen LogP contribution in [0.5, 0.6) is 0 Å². The Morgan fingerprint density at radius 1 is 1.75 bits per heavy atom. The first kappa shape index (κ1) is 6.95. The standard InChI is InChI=1S/C6H9NO/c1-3-6(4-2)7-5-8/h3-5H,1H2,2H3,(H,7,8)/b6-4+. The molecule has 2 heteroatoms. The molecule has 0 heterocycles. The van der Waals surface area contributed by atoms with Gasteiger partial charge in [0.15, 0.2) is 0 Å². The van der Waals surface area contributed by atoms with Crippen LogP contribution in [0, 0.1) is 0 Å². The van der Waals surface area contributed by atoms with Gasteiger partial charge in [-0.1, -0.05) is 12.7 Å². The van der Waals surface area contributed by atoms with Gasteiger partial charge in [-0.15, -0.1) is 0 Å². The van der Waals surface area contributed by atoms with E-state index in [4.69, 9.17) is 0 Å². The zero-order chi connectivity index (χ0) is 6.41. The Balaban J connectivity index is 3.71. The van der Waals surface area contributed by atoms with Crippen LogP contribution in [-0.2, 0) is 4.79 Å². The van der Waals surface area contributed by atoms with Crippen LogP contribution < -0.4 is 5.32 Å². The van der Waals surface area contributed by atoms with Crippen molar-refractivity contribution in [3.8, 4) is 0 Å². The minimum Gasteiger partial charge on any atom is -0.329 e. The maximum absolute atomic E-state index is 9.73. The first-order valence-electron chi connectivity index (χ1n) is 2.34. The molecule has 0 aromatic carbocycles. The first-order valence-corrected chi connectivity index (χ1v) is 2.34. The van der Waals surface area contributed by atoms with Gasteiger partial charge in [-0.3, -0.25) is 4.79 Å². The van der Waals surface area contributed by atoms with Gasteiger partial charge in [0.05, 0.1) is 0 Å². The van der Waals surface area contributed by atoms with E-state index in [1.165, 1.54) is 0 Å². The van der Waals surface area contributed by atoms with Gasteiger partial charge in [0.25, 0.3) is 0 Å². The average Bonchev–Trinajstić information content (AvgIpc) is 1.83. The molecule has 0 atom stereocenters. The molecular weight excluding hydrogens is 102 g/mol. The Bertz CT molecular complexity index is 116. The fraction of sp³-hybridized carbons (Fsp3) is 0.167. The van der Waals surface area contributed by atoms with Gasteiger partial charge in [-0.2, -0.15) is 0 Å². The van der Waals surface area contributed by atoms with Crippen LogP contribution >= 0.6 is 0 Å². The summed E-state index contributed by atoms with van der Waals surface area (Å²) in [6.07, 6.45) is 3.97. The summed E-state index contributed by atoms with van der Waals surface area (Å²) in [4.78, 5) is 9.73. The largest absolute Gasteiger partial charge is 0.329 e. The molecule has 0 saturated heterocycles. The van der Waals surface area contributed by atoms with Crippen LogP contribution in [0.3, 0.4) is 0 Å². The number of rotatable bonds is 3. The number of nitrogens with one attached hydrogen (secondary N) is 1. The van der Waals surface area contributed by atoms with Crippen molar-refractivity contribution < 1.29 is 4.79 Å². The fourth-order valence-corrected chi connectivity index (χ4v) is 0.328. The Hall–Kier alpha value is -1.05. The van der Waals surface area contributed by atoms with Gasteiger partial charge in [-0.25, -0.2) is 0 Å². The highest BCUT2D eigenvalue weighted by Gasteiger charge is 1.79. The summed E-state index contributed by atoms with van der Waals surface area (Å²) in [5, 5.41) is 2.44. The fourth-order valence-electron chi connectivity index (χ4n) is 0.328. The van der Waals surface area contributed by atoms with Gasteiger partial charge >= 0.3 is 0 Å². The van der Waals surface area contributed by atoms with E-state index < -0.39 is 0 Å². The van der Waals surface area contributed by atoms with E-state index in [-0.39, 0.29) is 0 Å². The van der Waals surface area contributed by atoms with Crippen molar-refractivity contribution in [1.82, 2.24) is 5.32 Å². The van der Waals surface area contributed by atoms with E-state index in [9.17, 15) is 4.79 Å². The molecule has 0 saturated carbocycles. The number of amides is 1. The molecule has 0 radical (unpaired) electrons. The Morgan fingerprint density at radius 2 is 2.38 bits per heavy atom. The Labute approximate surface area is 48.9 Å². The molecule has 0 spiro atoms. The van der Waals surface area contributed by atoms with Crippen molar-refractivity contribution in [2.24, 2.45) is 0 Å². The lowest BCUT2D eigenvalue weighted by Crippen LogP contribution is -2.06. The summed E-state index contributed by atoms with van der Waals surface area (Å²) in [5.74, 6) is 0. The van der Waals surface area contributed by atoms with Crippen molar-refractivity contribution in [1.29, 1.82) is 0 Å². The lowest BCUT2D eigenvalue weighted by atomic mass is 10.4. The highest BCUT2D eigenvalue weighted by Crippen LogP contribution is 1.84. The van der Waals surface area contributed by atoms with Crippen molar-refractivity contribution >= 4 is 6.41 Å². The van der Waals surface area contributed by atoms with Crippen molar-refractivity contribution in [2.75, 3.05) is 0 Å². The molecule has 0 aromatic rings. The second kappa shape index (κ2) is 4.12. The molecule has 44 valence electrons.